The van der Waals surface area contributed by atoms with Crippen LogP contribution in [0.25, 0.3) is 21.7 Å². The molecule has 0 radical (unpaired) electrons. The molecule has 34 heavy (non-hydrogen) atoms. The van der Waals surface area contributed by atoms with Crippen LogP contribution in [0.4, 0.5) is 0 Å². The first-order valence-corrected chi connectivity index (χ1v) is 11.4. The number of esters is 1. The number of hydrogen-bond donors (Lipinski definition) is 0. The predicted octanol–water partition coefficient (Wildman–Crippen LogP) is 4.68. The maximum atomic E-state index is 13.1. The molecule has 0 spiro atoms. The standard InChI is InChI=1S/C27H28N2O5/c1-5-29-17(3)25(27(31)33-6-2)20-15-24(23(32-4)16-21(20)26(29)30)34-14-13-19-12-11-18-9-7-8-10-22(18)28-19/h7-12,15-16H,5-6,13-14H2,1-4H3. The Hall–Kier alpha value is -3.87. The molecular weight excluding hydrogens is 432 g/mol. The average molecular weight is 461 g/mol. The molecule has 176 valence electrons. The van der Waals surface area contributed by atoms with Crippen molar-refractivity contribution >= 4 is 27.6 Å². The van der Waals surface area contributed by atoms with Gasteiger partial charge in [-0.05, 0) is 45.0 Å². The van der Waals surface area contributed by atoms with E-state index in [1.54, 1.807) is 30.5 Å². The Morgan fingerprint density at radius 3 is 2.53 bits per heavy atom. The summed E-state index contributed by atoms with van der Waals surface area (Å²) in [5, 5.41) is 1.96. The molecule has 7 nitrogen and oxygen atoms in total. The second kappa shape index (κ2) is 9.95. The summed E-state index contributed by atoms with van der Waals surface area (Å²) in [6.07, 6.45) is 0.590. The van der Waals surface area contributed by atoms with Gasteiger partial charge in [0, 0.05) is 35.1 Å². The van der Waals surface area contributed by atoms with E-state index < -0.39 is 5.97 Å². The van der Waals surface area contributed by atoms with Gasteiger partial charge in [-0.2, -0.15) is 0 Å². The number of aromatic nitrogens is 2. The molecule has 2 aromatic carbocycles. The summed E-state index contributed by atoms with van der Waals surface area (Å²) >= 11 is 0. The number of pyridine rings is 2. The van der Waals surface area contributed by atoms with Crippen molar-refractivity contribution in [3.8, 4) is 11.5 Å². The highest BCUT2D eigenvalue weighted by atomic mass is 16.5. The van der Waals surface area contributed by atoms with Gasteiger partial charge in [0.1, 0.15) is 0 Å². The van der Waals surface area contributed by atoms with Crippen LogP contribution < -0.4 is 15.0 Å². The van der Waals surface area contributed by atoms with E-state index in [-0.39, 0.29) is 12.2 Å². The van der Waals surface area contributed by atoms with Crippen LogP contribution in [-0.4, -0.2) is 35.8 Å². The van der Waals surface area contributed by atoms with Crippen LogP contribution in [0.3, 0.4) is 0 Å². The van der Waals surface area contributed by atoms with Crippen molar-refractivity contribution < 1.29 is 19.0 Å². The Morgan fingerprint density at radius 1 is 1.03 bits per heavy atom. The zero-order valence-electron chi connectivity index (χ0n) is 19.9. The predicted molar refractivity (Wildman–Crippen MR) is 132 cm³/mol. The lowest BCUT2D eigenvalue weighted by Crippen LogP contribution is -2.25. The first-order chi connectivity index (χ1) is 16.5. The molecular formula is C27H28N2O5. The third-order valence-corrected chi connectivity index (χ3v) is 5.88. The third kappa shape index (κ3) is 4.33. The van der Waals surface area contributed by atoms with Crippen molar-refractivity contribution in [1.29, 1.82) is 0 Å². The molecule has 0 aliphatic rings. The molecule has 0 fully saturated rings. The number of para-hydroxylation sites is 1. The van der Waals surface area contributed by atoms with E-state index in [4.69, 9.17) is 14.2 Å². The van der Waals surface area contributed by atoms with Crippen molar-refractivity contribution in [2.75, 3.05) is 20.3 Å². The molecule has 0 amide bonds. The zero-order valence-corrected chi connectivity index (χ0v) is 19.9. The minimum absolute atomic E-state index is 0.187. The minimum Gasteiger partial charge on any atom is -0.493 e. The van der Waals surface area contributed by atoms with Gasteiger partial charge in [0.15, 0.2) is 11.5 Å². The van der Waals surface area contributed by atoms with E-state index in [0.29, 0.717) is 53.1 Å². The molecule has 7 heteroatoms. The van der Waals surface area contributed by atoms with E-state index in [1.807, 2.05) is 43.3 Å². The maximum absolute atomic E-state index is 13.1. The Balaban J connectivity index is 1.70. The van der Waals surface area contributed by atoms with Crippen LogP contribution in [0, 0.1) is 6.92 Å². The van der Waals surface area contributed by atoms with Crippen LogP contribution in [0.2, 0.25) is 0 Å². The normalized spacial score (nSPS) is 11.1. The maximum Gasteiger partial charge on any atom is 0.340 e. The number of hydrogen-bond acceptors (Lipinski definition) is 6. The van der Waals surface area contributed by atoms with Gasteiger partial charge in [0.25, 0.3) is 5.56 Å². The SMILES string of the molecule is CCOC(=O)c1c(C)n(CC)c(=O)c2cc(OC)c(OCCc3ccc4ccccc4n3)cc12. The van der Waals surface area contributed by atoms with Gasteiger partial charge in [0.2, 0.25) is 0 Å². The van der Waals surface area contributed by atoms with Crippen molar-refractivity contribution in [2.45, 2.75) is 33.7 Å². The molecule has 0 bridgehead atoms. The van der Waals surface area contributed by atoms with Crippen LogP contribution in [0.15, 0.2) is 53.3 Å². The fourth-order valence-corrected chi connectivity index (χ4v) is 4.20. The van der Waals surface area contributed by atoms with Crippen LogP contribution in [0.5, 0.6) is 11.5 Å². The largest absolute Gasteiger partial charge is 0.493 e. The number of fused-ring (bicyclic) bond motifs is 2. The van der Waals surface area contributed by atoms with Crippen molar-refractivity contribution in [2.24, 2.45) is 0 Å². The first kappa shape index (κ1) is 23.3. The van der Waals surface area contributed by atoms with Gasteiger partial charge in [-0.25, -0.2) is 4.79 Å². The second-order valence-electron chi connectivity index (χ2n) is 7.87. The quantitative estimate of drug-likeness (QED) is 0.355. The highest BCUT2D eigenvalue weighted by Crippen LogP contribution is 2.34. The average Bonchev–Trinajstić information content (AvgIpc) is 2.84. The molecule has 0 saturated carbocycles. The number of nitrogens with zero attached hydrogens (tertiary/aromatic N) is 2. The van der Waals surface area contributed by atoms with E-state index in [0.717, 1.165) is 16.6 Å². The fourth-order valence-electron chi connectivity index (χ4n) is 4.20. The topological polar surface area (TPSA) is 79.7 Å². The van der Waals surface area contributed by atoms with Gasteiger partial charge < -0.3 is 18.8 Å². The number of ether oxygens (including phenoxy) is 3. The van der Waals surface area contributed by atoms with Gasteiger partial charge in [-0.1, -0.05) is 24.3 Å². The molecule has 0 saturated heterocycles. The molecule has 0 aliphatic carbocycles. The van der Waals surface area contributed by atoms with E-state index >= 15 is 0 Å². The minimum atomic E-state index is -0.469. The fraction of sp³-hybridized carbons (Fsp3) is 0.296. The van der Waals surface area contributed by atoms with E-state index in [2.05, 4.69) is 4.98 Å². The van der Waals surface area contributed by atoms with Crippen molar-refractivity contribution in [1.82, 2.24) is 9.55 Å². The van der Waals surface area contributed by atoms with E-state index in [1.165, 1.54) is 7.11 Å². The highest BCUT2D eigenvalue weighted by molar-refractivity contribution is 6.06. The summed E-state index contributed by atoms with van der Waals surface area (Å²) in [5.41, 5.74) is 2.59. The lowest BCUT2D eigenvalue weighted by Gasteiger charge is -2.17. The monoisotopic (exact) mass is 460 g/mol. The van der Waals surface area contributed by atoms with E-state index in [9.17, 15) is 9.59 Å². The third-order valence-electron chi connectivity index (χ3n) is 5.88. The molecule has 4 rings (SSSR count). The van der Waals surface area contributed by atoms with Gasteiger partial charge in [-0.3, -0.25) is 9.78 Å². The van der Waals surface area contributed by atoms with Crippen molar-refractivity contribution in [3.05, 3.63) is 75.8 Å². The molecule has 0 N–H and O–H groups in total. The van der Waals surface area contributed by atoms with Crippen molar-refractivity contribution in [3.63, 3.8) is 0 Å². The van der Waals surface area contributed by atoms with Gasteiger partial charge >= 0.3 is 5.97 Å². The Morgan fingerprint density at radius 2 is 1.79 bits per heavy atom. The molecule has 2 heterocycles. The number of carbonyl (C=O) groups is 1. The lowest BCUT2D eigenvalue weighted by molar-refractivity contribution is 0.0526. The molecule has 0 unspecified atom stereocenters. The summed E-state index contributed by atoms with van der Waals surface area (Å²) in [5.74, 6) is 0.412. The molecule has 4 aromatic rings. The number of rotatable bonds is 8. The lowest BCUT2D eigenvalue weighted by atomic mass is 10.0. The Kier molecular flexibility index (Phi) is 6.82. The summed E-state index contributed by atoms with van der Waals surface area (Å²) in [4.78, 5) is 30.6. The number of carbonyl (C=O) groups excluding carboxylic acids is 1. The summed E-state index contributed by atoms with van der Waals surface area (Å²) in [6.45, 7) is 6.41. The molecule has 0 atom stereocenters. The zero-order chi connectivity index (χ0) is 24.2. The van der Waals surface area contributed by atoms with Crippen LogP contribution >= 0.6 is 0 Å². The Labute approximate surface area is 197 Å². The van der Waals surface area contributed by atoms with Crippen LogP contribution in [0.1, 0.15) is 35.6 Å². The van der Waals surface area contributed by atoms with Gasteiger partial charge in [-0.15, -0.1) is 0 Å². The molecule has 2 aromatic heterocycles. The number of methoxy groups -OCH3 is 1. The number of benzene rings is 2. The summed E-state index contributed by atoms with van der Waals surface area (Å²) in [7, 11) is 1.53. The van der Waals surface area contributed by atoms with Gasteiger partial charge in [0.05, 0.1) is 36.8 Å². The smallest absolute Gasteiger partial charge is 0.340 e. The highest BCUT2D eigenvalue weighted by Gasteiger charge is 2.22. The molecule has 0 aliphatic heterocycles. The second-order valence-corrected chi connectivity index (χ2v) is 7.87. The first-order valence-electron chi connectivity index (χ1n) is 11.4. The summed E-state index contributed by atoms with van der Waals surface area (Å²) in [6, 6.07) is 15.3. The van der Waals surface area contributed by atoms with Crippen LogP contribution in [-0.2, 0) is 17.7 Å². The Bertz CT molecular complexity index is 1420. The summed E-state index contributed by atoms with van der Waals surface area (Å²) < 4.78 is 18.4.